The molecule has 0 atom stereocenters. The average molecular weight is 471 g/mol. The maximum atomic E-state index is 12.3. The Hall–Kier alpha value is -3.37. The second-order valence-electron chi connectivity index (χ2n) is 6.53. The number of carbonyl (C=O) groups is 1. The van der Waals surface area contributed by atoms with Crippen molar-refractivity contribution in [3.05, 3.63) is 59.4 Å². The zero-order valence-electron chi connectivity index (χ0n) is 17.3. The fourth-order valence-electron chi connectivity index (χ4n) is 2.90. The number of halogens is 1. The van der Waals surface area contributed by atoms with Crippen molar-refractivity contribution in [2.24, 2.45) is 0 Å². The van der Waals surface area contributed by atoms with Crippen LogP contribution in [-0.4, -0.2) is 43.2 Å². The minimum Gasteiger partial charge on any atom is -0.494 e. The Balaban J connectivity index is 1.63. The molecule has 0 aliphatic rings. The molecular formula is C21H19ClN6O3S. The summed E-state index contributed by atoms with van der Waals surface area (Å²) >= 11 is 7.64. The molecular weight excluding hydrogens is 452 g/mol. The first-order valence-electron chi connectivity index (χ1n) is 9.71. The number of hydrogen-bond donors (Lipinski definition) is 1. The minimum absolute atomic E-state index is 0.0536. The van der Waals surface area contributed by atoms with Gasteiger partial charge in [-0.15, -0.1) is 10.2 Å². The van der Waals surface area contributed by atoms with Crippen molar-refractivity contribution in [1.29, 1.82) is 0 Å². The van der Waals surface area contributed by atoms with Gasteiger partial charge in [-0.05, 0) is 50.2 Å². The summed E-state index contributed by atoms with van der Waals surface area (Å²) in [6.45, 7) is 4.18. The second-order valence-corrected chi connectivity index (χ2v) is 7.88. The van der Waals surface area contributed by atoms with E-state index in [2.05, 4.69) is 25.7 Å². The molecule has 0 fully saturated rings. The lowest BCUT2D eigenvalue weighted by Crippen LogP contribution is -2.14. The zero-order valence-corrected chi connectivity index (χ0v) is 18.9. The average Bonchev–Trinajstić information content (AvgIpc) is 3.39. The Morgan fingerprint density at radius 2 is 1.97 bits per heavy atom. The topological polar surface area (TPSA) is 108 Å². The predicted octanol–water partition coefficient (Wildman–Crippen LogP) is 4.41. The second kappa shape index (κ2) is 9.84. The Morgan fingerprint density at radius 3 is 2.66 bits per heavy atom. The van der Waals surface area contributed by atoms with Crippen LogP contribution in [0.1, 0.15) is 12.7 Å². The van der Waals surface area contributed by atoms with Gasteiger partial charge in [0.05, 0.1) is 17.4 Å². The van der Waals surface area contributed by atoms with E-state index in [-0.39, 0.29) is 17.7 Å². The van der Waals surface area contributed by atoms with Crippen molar-refractivity contribution in [3.63, 3.8) is 0 Å². The van der Waals surface area contributed by atoms with Gasteiger partial charge in [0, 0.05) is 11.3 Å². The van der Waals surface area contributed by atoms with Crippen molar-refractivity contribution in [2.75, 3.05) is 17.7 Å². The van der Waals surface area contributed by atoms with Gasteiger partial charge < -0.3 is 9.26 Å². The number of nitrogens with one attached hydrogen (secondary N) is 1. The van der Waals surface area contributed by atoms with Gasteiger partial charge >= 0.3 is 6.01 Å². The molecule has 0 radical (unpaired) electrons. The fourth-order valence-corrected chi connectivity index (χ4v) is 3.88. The molecule has 164 valence electrons. The summed E-state index contributed by atoms with van der Waals surface area (Å²) in [5, 5.41) is 16.0. The molecule has 4 rings (SSSR count). The molecule has 2 aromatic carbocycles. The smallest absolute Gasteiger partial charge is 0.328 e. The molecule has 1 N–H and O–H groups in total. The van der Waals surface area contributed by atoms with Gasteiger partial charge in [0.25, 0.3) is 0 Å². The molecule has 2 heterocycles. The van der Waals surface area contributed by atoms with Gasteiger partial charge in [0.2, 0.25) is 5.91 Å². The van der Waals surface area contributed by atoms with E-state index >= 15 is 0 Å². The number of benzene rings is 2. The van der Waals surface area contributed by atoms with E-state index in [1.807, 2.05) is 54.0 Å². The van der Waals surface area contributed by atoms with E-state index in [1.165, 1.54) is 11.8 Å². The van der Waals surface area contributed by atoms with Gasteiger partial charge in [-0.3, -0.25) is 14.7 Å². The Labute approximate surface area is 193 Å². The number of hydrogen-bond acceptors (Lipinski definition) is 8. The summed E-state index contributed by atoms with van der Waals surface area (Å²) in [5.41, 5.74) is 1.54. The number of aromatic nitrogens is 5. The number of ether oxygens (including phenoxy) is 1. The number of anilines is 1. The van der Waals surface area contributed by atoms with E-state index in [1.54, 1.807) is 13.0 Å². The lowest BCUT2D eigenvalue weighted by molar-refractivity contribution is -0.114. The molecule has 0 aliphatic carbocycles. The highest BCUT2D eigenvalue weighted by Gasteiger charge is 2.19. The number of aryl methyl sites for hydroxylation is 1. The van der Waals surface area contributed by atoms with Gasteiger partial charge in [-0.2, -0.15) is 4.98 Å². The number of thioether (sulfide) groups is 1. The molecule has 11 heteroatoms. The minimum atomic E-state index is -0.306. The Kier molecular flexibility index (Phi) is 6.72. The summed E-state index contributed by atoms with van der Waals surface area (Å²) in [5.74, 6) is 1.52. The van der Waals surface area contributed by atoms with Crippen LogP contribution in [0.3, 0.4) is 0 Å². The third kappa shape index (κ3) is 4.92. The fraction of sp³-hybridized carbons (Fsp3) is 0.190. The van der Waals surface area contributed by atoms with E-state index < -0.39 is 0 Å². The van der Waals surface area contributed by atoms with Crippen LogP contribution in [0.5, 0.6) is 5.75 Å². The molecule has 0 saturated heterocycles. The molecule has 0 spiro atoms. The molecule has 1 amide bonds. The third-order valence-electron chi connectivity index (χ3n) is 4.26. The molecule has 0 unspecified atom stereocenters. The van der Waals surface area contributed by atoms with Gasteiger partial charge in [0.1, 0.15) is 5.75 Å². The van der Waals surface area contributed by atoms with Crippen LogP contribution in [0.15, 0.2) is 58.2 Å². The zero-order chi connectivity index (χ0) is 22.5. The SMILES string of the molecule is CCOc1ccc(-n2c(SCC(=O)Nc3nc(C)no3)nnc2-c2ccccc2Cl)cc1. The first kappa shape index (κ1) is 21.8. The first-order chi connectivity index (χ1) is 15.5. The molecule has 9 nitrogen and oxygen atoms in total. The highest BCUT2D eigenvalue weighted by molar-refractivity contribution is 7.99. The van der Waals surface area contributed by atoms with Gasteiger partial charge in [0.15, 0.2) is 16.8 Å². The molecule has 32 heavy (non-hydrogen) atoms. The molecule has 0 saturated carbocycles. The van der Waals surface area contributed by atoms with Crippen LogP contribution in [0.4, 0.5) is 6.01 Å². The Bertz CT molecular complexity index is 1220. The van der Waals surface area contributed by atoms with Crippen LogP contribution < -0.4 is 10.1 Å². The highest BCUT2D eigenvalue weighted by Crippen LogP contribution is 2.32. The summed E-state index contributed by atoms with van der Waals surface area (Å²) in [7, 11) is 0. The van der Waals surface area contributed by atoms with Crippen molar-refractivity contribution in [1.82, 2.24) is 24.9 Å². The summed E-state index contributed by atoms with van der Waals surface area (Å²) in [4.78, 5) is 16.3. The lowest BCUT2D eigenvalue weighted by atomic mass is 10.2. The third-order valence-corrected chi connectivity index (χ3v) is 5.52. The van der Waals surface area contributed by atoms with E-state index in [9.17, 15) is 4.79 Å². The van der Waals surface area contributed by atoms with E-state index in [0.29, 0.717) is 28.4 Å². The number of amides is 1. The summed E-state index contributed by atoms with van der Waals surface area (Å²) < 4.78 is 12.3. The van der Waals surface area contributed by atoms with Crippen LogP contribution in [0, 0.1) is 6.92 Å². The predicted molar refractivity (Wildman–Crippen MR) is 121 cm³/mol. The Morgan fingerprint density at radius 1 is 1.19 bits per heavy atom. The maximum absolute atomic E-state index is 12.3. The van der Waals surface area contributed by atoms with Crippen molar-refractivity contribution in [3.8, 4) is 22.8 Å². The van der Waals surface area contributed by atoms with Crippen molar-refractivity contribution < 1.29 is 14.1 Å². The number of rotatable bonds is 8. The van der Waals surface area contributed by atoms with Crippen LogP contribution in [-0.2, 0) is 4.79 Å². The number of nitrogens with zero attached hydrogens (tertiary/aromatic N) is 5. The maximum Gasteiger partial charge on any atom is 0.328 e. The van der Waals surface area contributed by atoms with E-state index in [0.717, 1.165) is 17.0 Å². The van der Waals surface area contributed by atoms with E-state index in [4.69, 9.17) is 20.9 Å². The largest absolute Gasteiger partial charge is 0.494 e. The highest BCUT2D eigenvalue weighted by atomic mass is 35.5. The standard InChI is InChI=1S/C21H19ClN6O3S/c1-3-30-15-10-8-14(9-11-15)28-19(16-6-4-5-7-17(16)22)25-26-21(28)32-12-18(29)24-20-23-13(2)27-31-20/h4-11H,3,12H2,1-2H3,(H,23,24,27,29). The van der Waals surface area contributed by atoms with Crippen LogP contribution in [0.25, 0.3) is 17.1 Å². The molecule has 4 aromatic rings. The van der Waals surface area contributed by atoms with Crippen LogP contribution >= 0.6 is 23.4 Å². The molecule has 0 aliphatic heterocycles. The summed E-state index contributed by atoms with van der Waals surface area (Å²) in [6, 6.07) is 15.0. The quantitative estimate of drug-likeness (QED) is 0.377. The molecule has 2 aromatic heterocycles. The monoisotopic (exact) mass is 470 g/mol. The first-order valence-corrected chi connectivity index (χ1v) is 11.1. The lowest BCUT2D eigenvalue weighted by Gasteiger charge is -2.12. The number of carbonyl (C=O) groups excluding carboxylic acids is 1. The molecule has 0 bridgehead atoms. The van der Waals surface area contributed by atoms with Crippen molar-refractivity contribution >= 4 is 35.3 Å². The normalized spacial score (nSPS) is 10.8. The van der Waals surface area contributed by atoms with Crippen molar-refractivity contribution in [2.45, 2.75) is 19.0 Å². The van der Waals surface area contributed by atoms with Crippen LogP contribution in [0.2, 0.25) is 5.02 Å². The van der Waals surface area contributed by atoms with Gasteiger partial charge in [-0.1, -0.05) is 40.7 Å². The summed E-state index contributed by atoms with van der Waals surface area (Å²) in [6.07, 6.45) is 0. The van der Waals surface area contributed by atoms with Gasteiger partial charge in [-0.25, -0.2) is 0 Å².